The molecule has 1 heterocycles. The van der Waals surface area contributed by atoms with Gasteiger partial charge in [0.05, 0.1) is 11.6 Å². The van der Waals surface area contributed by atoms with E-state index in [4.69, 9.17) is 9.72 Å². The molecule has 0 saturated carbocycles. The summed E-state index contributed by atoms with van der Waals surface area (Å²) in [6.07, 6.45) is 1.06. The number of nitrogens with zero attached hydrogens (tertiary/aromatic N) is 1. The molecule has 3 heteroatoms. The quantitative estimate of drug-likeness (QED) is 0.877. The lowest BCUT2D eigenvalue weighted by molar-refractivity contribution is 0.0351. The van der Waals surface area contributed by atoms with Crippen molar-refractivity contribution in [2.75, 3.05) is 14.2 Å². The number of benzene rings is 1. The van der Waals surface area contributed by atoms with E-state index in [0.717, 1.165) is 17.6 Å². The lowest BCUT2D eigenvalue weighted by Crippen LogP contribution is -2.43. The van der Waals surface area contributed by atoms with Crippen LogP contribution in [-0.4, -0.2) is 31.3 Å². The number of likely N-dealkylation sites (N-methyl/N-ethyl adjacent to an activating group) is 1. The number of ether oxygens (including phenoxy) is 1. The predicted octanol–water partition coefficient (Wildman–Crippen LogP) is 3.04. The van der Waals surface area contributed by atoms with Gasteiger partial charge >= 0.3 is 0 Å². The summed E-state index contributed by atoms with van der Waals surface area (Å²) in [5.41, 5.74) is 2.16. The second kappa shape index (κ2) is 6.82. The van der Waals surface area contributed by atoms with Gasteiger partial charge in [-0.25, -0.2) is 0 Å². The molecule has 2 rings (SSSR count). The fourth-order valence-corrected chi connectivity index (χ4v) is 2.73. The maximum atomic E-state index is 5.63. The van der Waals surface area contributed by atoms with Gasteiger partial charge in [0, 0.05) is 30.7 Å². The SMILES string of the molecule is CNC(Cc1ccc2ccccc2n1)C(OC)C(C)C. The van der Waals surface area contributed by atoms with E-state index in [1.165, 1.54) is 5.39 Å². The number of aromatic nitrogens is 1. The number of methoxy groups -OCH3 is 1. The highest BCUT2D eigenvalue weighted by atomic mass is 16.5. The number of hydrogen-bond acceptors (Lipinski definition) is 3. The number of nitrogens with one attached hydrogen (secondary N) is 1. The van der Waals surface area contributed by atoms with E-state index < -0.39 is 0 Å². The molecule has 0 fully saturated rings. The molecule has 2 aromatic rings. The second-order valence-electron chi connectivity index (χ2n) is 5.54. The number of pyridine rings is 1. The van der Waals surface area contributed by atoms with Crippen molar-refractivity contribution >= 4 is 10.9 Å². The van der Waals surface area contributed by atoms with Crippen molar-refractivity contribution in [1.29, 1.82) is 0 Å². The second-order valence-corrected chi connectivity index (χ2v) is 5.54. The molecular weight excluding hydrogens is 248 g/mol. The molecule has 2 atom stereocenters. The van der Waals surface area contributed by atoms with Crippen LogP contribution in [0.2, 0.25) is 0 Å². The molecule has 108 valence electrons. The largest absolute Gasteiger partial charge is 0.380 e. The van der Waals surface area contributed by atoms with Crippen molar-refractivity contribution in [3.8, 4) is 0 Å². The summed E-state index contributed by atoms with van der Waals surface area (Å²) in [6.45, 7) is 4.37. The van der Waals surface area contributed by atoms with Gasteiger partial charge in [0.15, 0.2) is 0 Å². The maximum absolute atomic E-state index is 5.63. The molecule has 2 unspecified atom stereocenters. The summed E-state index contributed by atoms with van der Waals surface area (Å²) in [7, 11) is 3.77. The highest BCUT2D eigenvalue weighted by Gasteiger charge is 2.23. The van der Waals surface area contributed by atoms with Gasteiger partial charge in [0.25, 0.3) is 0 Å². The molecular formula is C17H24N2O. The zero-order valence-electron chi connectivity index (χ0n) is 12.8. The van der Waals surface area contributed by atoms with Crippen molar-refractivity contribution in [2.24, 2.45) is 5.92 Å². The highest BCUT2D eigenvalue weighted by Crippen LogP contribution is 2.16. The molecule has 0 bridgehead atoms. The van der Waals surface area contributed by atoms with Crippen molar-refractivity contribution in [3.63, 3.8) is 0 Å². The molecule has 0 aliphatic carbocycles. The van der Waals surface area contributed by atoms with Crippen LogP contribution < -0.4 is 5.32 Å². The first-order valence-electron chi connectivity index (χ1n) is 7.20. The number of rotatable bonds is 6. The summed E-state index contributed by atoms with van der Waals surface area (Å²) in [5, 5.41) is 4.55. The Kier molecular flexibility index (Phi) is 5.10. The Morgan fingerprint density at radius 2 is 1.90 bits per heavy atom. The van der Waals surface area contributed by atoms with Gasteiger partial charge in [-0.3, -0.25) is 4.98 Å². The number of hydrogen-bond donors (Lipinski definition) is 1. The fraction of sp³-hybridized carbons (Fsp3) is 0.471. The number of para-hydroxylation sites is 1. The Labute approximate surface area is 121 Å². The first-order chi connectivity index (χ1) is 9.65. The van der Waals surface area contributed by atoms with Gasteiger partial charge in [-0.15, -0.1) is 0 Å². The van der Waals surface area contributed by atoms with E-state index in [1.54, 1.807) is 7.11 Å². The summed E-state index contributed by atoms with van der Waals surface area (Å²) >= 11 is 0. The van der Waals surface area contributed by atoms with E-state index in [2.05, 4.69) is 43.4 Å². The summed E-state index contributed by atoms with van der Waals surface area (Å²) in [5.74, 6) is 0.470. The molecule has 1 aromatic carbocycles. The Hall–Kier alpha value is -1.45. The lowest BCUT2D eigenvalue weighted by atomic mass is 9.95. The standard InChI is InChI=1S/C17H24N2O/c1-12(2)17(20-4)16(18-3)11-14-10-9-13-7-5-6-8-15(13)19-14/h5-10,12,16-18H,11H2,1-4H3. The van der Waals surface area contributed by atoms with Gasteiger partial charge in [0.1, 0.15) is 0 Å². The minimum atomic E-state index is 0.188. The minimum absolute atomic E-state index is 0.188. The molecule has 0 aliphatic rings. The van der Waals surface area contributed by atoms with Gasteiger partial charge in [0.2, 0.25) is 0 Å². The van der Waals surface area contributed by atoms with E-state index in [0.29, 0.717) is 5.92 Å². The van der Waals surface area contributed by atoms with Crippen molar-refractivity contribution in [2.45, 2.75) is 32.4 Å². The molecule has 0 aliphatic heterocycles. The smallest absolute Gasteiger partial charge is 0.0750 e. The van der Waals surface area contributed by atoms with Crippen LogP contribution in [0.5, 0.6) is 0 Å². The molecule has 0 radical (unpaired) electrons. The third kappa shape index (κ3) is 3.35. The van der Waals surface area contributed by atoms with Crippen LogP contribution in [0.25, 0.3) is 10.9 Å². The Morgan fingerprint density at radius 3 is 2.55 bits per heavy atom. The third-order valence-corrected chi connectivity index (χ3v) is 3.78. The molecule has 1 N–H and O–H groups in total. The molecule has 1 aromatic heterocycles. The van der Waals surface area contributed by atoms with Crippen LogP contribution in [-0.2, 0) is 11.2 Å². The van der Waals surface area contributed by atoms with Crippen molar-refractivity contribution in [3.05, 3.63) is 42.1 Å². The summed E-state index contributed by atoms with van der Waals surface area (Å²) in [4.78, 5) is 4.74. The van der Waals surface area contributed by atoms with E-state index in [1.807, 2.05) is 19.2 Å². The third-order valence-electron chi connectivity index (χ3n) is 3.78. The topological polar surface area (TPSA) is 34.2 Å². The number of fused-ring (bicyclic) bond motifs is 1. The first kappa shape index (κ1) is 14.9. The average Bonchev–Trinajstić information content (AvgIpc) is 2.46. The molecule has 3 nitrogen and oxygen atoms in total. The van der Waals surface area contributed by atoms with Crippen LogP contribution in [0.15, 0.2) is 36.4 Å². The normalized spacial score (nSPS) is 14.7. The van der Waals surface area contributed by atoms with E-state index >= 15 is 0 Å². The summed E-state index contributed by atoms with van der Waals surface area (Å²) in [6, 6.07) is 12.7. The van der Waals surface area contributed by atoms with Crippen LogP contribution in [0.4, 0.5) is 0 Å². The monoisotopic (exact) mass is 272 g/mol. The lowest BCUT2D eigenvalue weighted by Gasteiger charge is -2.28. The Balaban J connectivity index is 2.20. The van der Waals surface area contributed by atoms with E-state index in [9.17, 15) is 0 Å². The van der Waals surface area contributed by atoms with Gasteiger partial charge < -0.3 is 10.1 Å². The zero-order valence-corrected chi connectivity index (χ0v) is 12.8. The van der Waals surface area contributed by atoms with Gasteiger partial charge in [-0.1, -0.05) is 38.1 Å². The van der Waals surface area contributed by atoms with Crippen LogP contribution in [0, 0.1) is 5.92 Å². The molecule has 20 heavy (non-hydrogen) atoms. The molecule has 0 amide bonds. The zero-order chi connectivity index (χ0) is 14.5. The van der Waals surface area contributed by atoms with Gasteiger partial charge in [-0.05, 0) is 25.1 Å². The highest BCUT2D eigenvalue weighted by molar-refractivity contribution is 5.78. The van der Waals surface area contributed by atoms with Crippen LogP contribution in [0.1, 0.15) is 19.5 Å². The van der Waals surface area contributed by atoms with E-state index in [-0.39, 0.29) is 12.1 Å². The predicted molar refractivity (Wildman–Crippen MR) is 83.9 cm³/mol. The van der Waals surface area contributed by atoms with Gasteiger partial charge in [-0.2, -0.15) is 0 Å². The molecule has 0 spiro atoms. The van der Waals surface area contributed by atoms with Crippen LogP contribution in [0.3, 0.4) is 0 Å². The van der Waals surface area contributed by atoms with Crippen molar-refractivity contribution in [1.82, 2.24) is 10.3 Å². The fourth-order valence-electron chi connectivity index (χ4n) is 2.73. The van der Waals surface area contributed by atoms with Crippen molar-refractivity contribution < 1.29 is 4.74 Å². The minimum Gasteiger partial charge on any atom is -0.380 e. The average molecular weight is 272 g/mol. The summed E-state index contributed by atoms with van der Waals surface area (Å²) < 4.78 is 5.63. The first-order valence-corrected chi connectivity index (χ1v) is 7.20. The maximum Gasteiger partial charge on any atom is 0.0750 e. The Bertz CT molecular complexity index is 553. The molecule has 0 saturated heterocycles. The van der Waals surface area contributed by atoms with Crippen LogP contribution >= 0.6 is 0 Å². The Morgan fingerprint density at radius 1 is 1.15 bits per heavy atom.